The standard InChI is InChI=1S/C16H18FNO4/c1-10(19)13-14(11-5-3-6-12(17)9-11)18(7-4-8-22-2)16(21)15(13)20/h3,5-6,9,14,20H,4,7-8H2,1-2H3/t14-/m1/s1. The molecule has 0 unspecified atom stereocenters. The average Bonchev–Trinajstić information content (AvgIpc) is 2.72. The van der Waals surface area contributed by atoms with Gasteiger partial charge in [0.05, 0.1) is 11.6 Å². The summed E-state index contributed by atoms with van der Waals surface area (Å²) in [5.41, 5.74) is 0.466. The van der Waals surface area contributed by atoms with Crippen LogP contribution in [0.2, 0.25) is 0 Å². The molecule has 22 heavy (non-hydrogen) atoms. The molecular weight excluding hydrogens is 289 g/mol. The number of ether oxygens (including phenoxy) is 1. The zero-order chi connectivity index (χ0) is 16.3. The summed E-state index contributed by atoms with van der Waals surface area (Å²) in [6, 6.07) is 4.93. The van der Waals surface area contributed by atoms with Crippen LogP contribution >= 0.6 is 0 Å². The molecule has 0 fully saturated rings. The maximum atomic E-state index is 13.5. The third kappa shape index (κ3) is 3.01. The first-order valence-corrected chi connectivity index (χ1v) is 6.96. The minimum atomic E-state index is -0.766. The molecule has 0 spiro atoms. The van der Waals surface area contributed by atoms with Crippen molar-refractivity contribution >= 4 is 11.7 Å². The van der Waals surface area contributed by atoms with Crippen molar-refractivity contribution in [2.75, 3.05) is 20.3 Å². The monoisotopic (exact) mass is 307 g/mol. The van der Waals surface area contributed by atoms with Gasteiger partial charge < -0.3 is 14.7 Å². The quantitative estimate of drug-likeness (QED) is 0.818. The Labute approximate surface area is 128 Å². The van der Waals surface area contributed by atoms with Crippen molar-refractivity contribution in [3.63, 3.8) is 0 Å². The maximum absolute atomic E-state index is 13.5. The lowest BCUT2D eigenvalue weighted by Gasteiger charge is -2.26. The molecule has 1 aliphatic heterocycles. The van der Waals surface area contributed by atoms with Gasteiger partial charge in [-0.05, 0) is 31.0 Å². The fourth-order valence-corrected chi connectivity index (χ4v) is 2.65. The van der Waals surface area contributed by atoms with Gasteiger partial charge in [0.1, 0.15) is 5.82 Å². The Kier molecular flexibility index (Phi) is 4.92. The molecule has 6 heteroatoms. The van der Waals surface area contributed by atoms with Crippen LogP contribution in [0.1, 0.15) is 24.9 Å². The Hall–Kier alpha value is -2.21. The van der Waals surface area contributed by atoms with Crippen molar-refractivity contribution in [3.05, 3.63) is 47.0 Å². The Bertz CT molecular complexity index is 626. The normalized spacial score (nSPS) is 18.2. The predicted octanol–water partition coefficient (Wildman–Crippen LogP) is 2.15. The molecule has 0 bridgehead atoms. The Morgan fingerprint density at radius 1 is 1.45 bits per heavy atom. The van der Waals surface area contributed by atoms with Gasteiger partial charge in [0.15, 0.2) is 11.5 Å². The summed E-state index contributed by atoms with van der Waals surface area (Å²) in [5.74, 6) is -2.04. The lowest BCUT2D eigenvalue weighted by atomic mass is 9.96. The molecule has 1 aromatic carbocycles. The number of hydrogen-bond donors (Lipinski definition) is 1. The van der Waals surface area contributed by atoms with E-state index in [4.69, 9.17) is 4.74 Å². The highest BCUT2D eigenvalue weighted by Gasteiger charge is 2.42. The topological polar surface area (TPSA) is 66.8 Å². The van der Waals surface area contributed by atoms with Gasteiger partial charge >= 0.3 is 0 Å². The molecule has 0 saturated heterocycles. The second-order valence-electron chi connectivity index (χ2n) is 5.12. The second-order valence-corrected chi connectivity index (χ2v) is 5.12. The highest BCUT2D eigenvalue weighted by Crippen LogP contribution is 2.37. The van der Waals surface area contributed by atoms with Crippen LogP contribution in [0, 0.1) is 5.82 Å². The molecule has 1 amide bonds. The SMILES string of the molecule is COCCCN1C(=O)C(O)=C(C(C)=O)[C@H]1c1cccc(F)c1. The average molecular weight is 307 g/mol. The van der Waals surface area contributed by atoms with E-state index >= 15 is 0 Å². The van der Waals surface area contributed by atoms with Crippen molar-refractivity contribution in [1.82, 2.24) is 4.90 Å². The van der Waals surface area contributed by atoms with E-state index in [1.165, 1.54) is 30.0 Å². The summed E-state index contributed by atoms with van der Waals surface area (Å²) in [6.45, 7) is 2.02. The molecule has 1 atom stereocenters. The number of carbonyl (C=O) groups excluding carboxylic acids is 2. The van der Waals surface area contributed by atoms with Crippen LogP contribution in [0.15, 0.2) is 35.6 Å². The molecule has 5 nitrogen and oxygen atoms in total. The molecule has 1 heterocycles. The first-order valence-electron chi connectivity index (χ1n) is 6.96. The third-order valence-electron chi connectivity index (χ3n) is 3.59. The van der Waals surface area contributed by atoms with E-state index in [2.05, 4.69) is 0 Å². The lowest BCUT2D eigenvalue weighted by Crippen LogP contribution is -2.32. The van der Waals surface area contributed by atoms with Gasteiger partial charge in [-0.25, -0.2) is 4.39 Å². The number of carbonyl (C=O) groups is 2. The van der Waals surface area contributed by atoms with Crippen LogP contribution in [0.5, 0.6) is 0 Å². The molecule has 0 aromatic heterocycles. The molecular formula is C16H18FNO4. The second kappa shape index (κ2) is 6.70. The number of benzene rings is 1. The molecule has 1 aromatic rings. The molecule has 0 saturated carbocycles. The van der Waals surface area contributed by atoms with Crippen molar-refractivity contribution in [2.45, 2.75) is 19.4 Å². The van der Waals surface area contributed by atoms with Crippen molar-refractivity contribution in [2.24, 2.45) is 0 Å². The summed E-state index contributed by atoms with van der Waals surface area (Å²) in [5, 5.41) is 10.00. The van der Waals surface area contributed by atoms with E-state index in [1.807, 2.05) is 0 Å². The number of amides is 1. The number of hydrogen-bond acceptors (Lipinski definition) is 4. The first kappa shape index (κ1) is 16.2. The van der Waals surface area contributed by atoms with Gasteiger partial charge in [-0.15, -0.1) is 0 Å². The van der Waals surface area contributed by atoms with E-state index in [-0.39, 0.29) is 5.57 Å². The largest absolute Gasteiger partial charge is 0.503 e. The zero-order valence-corrected chi connectivity index (χ0v) is 12.5. The van der Waals surface area contributed by atoms with E-state index in [9.17, 15) is 19.1 Å². The Morgan fingerprint density at radius 2 is 2.18 bits per heavy atom. The van der Waals surface area contributed by atoms with Gasteiger partial charge in [0.25, 0.3) is 5.91 Å². The van der Waals surface area contributed by atoms with Crippen LogP contribution in [-0.4, -0.2) is 42.0 Å². The molecule has 0 radical (unpaired) electrons. The molecule has 0 aliphatic carbocycles. The number of aliphatic hydroxyl groups excluding tert-OH is 1. The van der Waals surface area contributed by atoms with Gasteiger partial charge in [0.2, 0.25) is 0 Å². The third-order valence-corrected chi connectivity index (χ3v) is 3.59. The molecule has 1 N–H and O–H groups in total. The minimum absolute atomic E-state index is 0.00742. The number of aliphatic hydroxyl groups is 1. The predicted molar refractivity (Wildman–Crippen MR) is 77.7 cm³/mol. The van der Waals surface area contributed by atoms with Gasteiger partial charge in [0, 0.05) is 20.3 Å². The highest BCUT2D eigenvalue weighted by atomic mass is 19.1. The van der Waals surface area contributed by atoms with Crippen molar-refractivity contribution in [1.29, 1.82) is 0 Å². The van der Waals surface area contributed by atoms with Gasteiger partial charge in [-0.2, -0.15) is 0 Å². The smallest absolute Gasteiger partial charge is 0.290 e. The van der Waals surface area contributed by atoms with Crippen LogP contribution in [0.4, 0.5) is 4.39 Å². The van der Waals surface area contributed by atoms with E-state index in [0.29, 0.717) is 25.1 Å². The van der Waals surface area contributed by atoms with E-state index < -0.39 is 29.3 Å². The lowest BCUT2D eigenvalue weighted by molar-refractivity contribution is -0.129. The van der Waals surface area contributed by atoms with E-state index in [1.54, 1.807) is 13.2 Å². The summed E-state index contributed by atoms with van der Waals surface area (Å²) in [7, 11) is 1.55. The van der Waals surface area contributed by atoms with Crippen LogP contribution in [-0.2, 0) is 14.3 Å². The number of methoxy groups -OCH3 is 1. The maximum Gasteiger partial charge on any atom is 0.290 e. The zero-order valence-electron chi connectivity index (χ0n) is 12.5. The number of rotatable bonds is 6. The molecule has 2 rings (SSSR count). The van der Waals surface area contributed by atoms with Crippen LogP contribution < -0.4 is 0 Å². The van der Waals surface area contributed by atoms with Crippen molar-refractivity contribution < 1.29 is 23.8 Å². The number of ketones is 1. The summed E-state index contributed by atoms with van der Waals surface area (Å²) < 4.78 is 18.4. The number of Topliss-reactive ketones (excluding diaryl/α,β-unsaturated/α-hetero) is 1. The van der Waals surface area contributed by atoms with E-state index in [0.717, 1.165) is 0 Å². The minimum Gasteiger partial charge on any atom is -0.503 e. The van der Waals surface area contributed by atoms with Gasteiger partial charge in [-0.1, -0.05) is 12.1 Å². The molecule has 118 valence electrons. The highest BCUT2D eigenvalue weighted by molar-refractivity contribution is 6.08. The van der Waals surface area contributed by atoms with Gasteiger partial charge in [-0.3, -0.25) is 9.59 Å². The van der Waals surface area contributed by atoms with Crippen LogP contribution in [0.3, 0.4) is 0 Å². The Morgan fingerprint density at radius 3 is 2.77 bits per heavy atom. The fourth-order valence-electron chi connectivity index (χ4n) is 2.65. The summed E-state index contributed by atoms with van der Waals surface area (Å²) >= 11 is 0. The summed E-state index contributed by atoms with van der Waals surface area (Å²) in [4.78, 5) is 25.4. The number of nitrogens with zero attached hydrogens (tertiary/aromatic N) is 1. The molecule has 1 aliphatic rings. The number of halogens is 1. The van der Waals surface area contributed by atoms with Crippen molar-refractivity contribution in [3.8, 4) is 0 Å². The van der Waals surface area contributed by atoms with Crippen LogP contribution in [0.25, 0.3) is 0 Å². The first-order chi connectivity index (χ1) is 10.5. The summed E-state index contributed by atoms with van der Waals surface area (Å²) in [6.07, 6.45) is 0.548. The fraction of sp³-hybridized carbons (Fsp3) is 0.375. The Balaban J connectivity index is 2.41.